The van der Waals surface area contributed by atoms with E-state index in [1.54, 1.807) is 6.07 Å². The monoisotopic (exact) mass is 480 g/mol. The summed E-state index contributed by atoms with van der Waals surface area (Å²) in [5.74, 6) is -1.94. The highest BCUT2D eigenvalue weighted by Crippen LogP contribution is 2.18. The molecule has 0 aliphatic carbocycles. The van der Waals surface area contributed by atoms with E-state index >= 15 is 0 Å². The summed E-state index contributed by atoms with van der Waals surface area (Å²) in [6.07, 6.45) is 1.42. The smallest absolute Gasteiger partial charge is 0.379 e. The van der Waals surface area contributed by atoms with E-state index in [0.717, 1.165) is 0 Å². The highest BCUT2D eigenvalue weighted by molar-refractivity contribution is 5.98. The summed E-state index contributed by atoms with van der Waals surface area (Å²) in [5.41, 5.74) is 0.381. The Kier molecular flexibility index (Phi) is 8.43. The number of non-ortho nitro benzene ring substituents is 1. The van der Waals surface area contributed by atoms with Crippen LogP contribution in [0.1, 0.15) is 40.2 Å². The van der Waals surface area contributed by atoms with E-state index in [1.807, 2.05) is 0 Å². The number of hydrogen-bond acceptors (Lipinski definition) is 9. The minimum absolute atomic E-state index is 0.00999. The van der Waals surface area contributed by atoms with Gasteiger partial charge in [0.05, 0.1) is 11.2 Å². The zero-order valence-corrected chi connectivity index (χ0v) is 18.3. The molecule has 11 nitrogen and oxygen atoms in total. The number of anilines is 1. The SMILES string of the molecule is O=C(CCCC(=O)OCC(=O)c1ccc(OC(=O)c2ccco2)cc1)Nc1cccc([N+](=O)[O-])c1. The molecule has 0 saturated carbocycles. The van der Waals surface area contributed by atoms with E-state index in [4.69, 9.17) is 13.9 Å². The van der Waals surface area contributed by atoms with E-state index < -0.39 is 35.2 Å². The standard InChI is InChI=1S/C24H20N2O9/c27-20(16-9-11-19(12-10-16)35-24(30)21-6-3-13-33-21)15-34-23(29)8-2-7-22(28)25-17-4-1-5-18(14-17)26(31)32/h1,3-6,9-14H,2,7-8,15H2,(H,25,28). The number of esters is 2. The van der Waals surface area contributed by atoms with Crippen molar-refractivity contribution < 1.29 is 38.0 Å². The second-order valence-corrected chi connectivity index (χ2v) is 7.18. The van der Waals surface area contributed by atoms with Crippen LogP contribution in [0.25, 0.3) is 0 Å². The number of furan rings is 1. The van der Waals surface area contributed by atoms with Crippen LogP contribution in [0.15, 0.2) is 71.3 Å². The van der Waals surface area contributed by atoms with Crippen molar-refractivity contribution >= 4 is 35.0 Å². The number of benzene rings is 2. The van der Waals surface area contributed by atoms with Gasteiger partial charge in [-0.25, -0.2) is 4.79 Å². The third-order valence-corrected chi connectivity index (χ3v) is 4.60. The van der Waals surface area contributed by atoms with Gasteiger partial charge in [-0.15, -0.1) is 0 Å². The second kappa shape index (κ2) is 11.9. The number of ketones is 1. The Morgan fingerprint density at radius 1 is 0.971 bits per heavy atom. The quantitative estimate of drug-likeness (QED) is 0.141. The third kappa shape index (κ3) is 7.63. The summed E-state index contributed by atoms with van der Waals surface area (Å²) in [4.78, 5) is 58.1. The molecule has 180 valence electrons. The molecule has 0 aliphatic rings. The van der Waals surface area contributed by atoms with E-state index in [-0.39, 0.29) is 47.7 Å². The molecular weight excluding hydrogens is 460 g/mol. The van der Waals surface area contributed by atoms with Gasteiger partial charge in [0, 0.05) is 36.2 Å². The molecule has 0 unspecified atom stereocenters. The largest absolute Gasteiger partial charge is 0.457 e. The van der Waals surface area contributed by atoms with Gasteiger partial charge >= 0.3 is 11.9 Å². The number of Topliss-reactive ketones (excluding diaryl/α,β-unsaturated/α-hetero) is 1. The minimum atomic E-state index is -0.679. The predicted molar refractivity (Wildman–Crippen MR) is 121 cm³/mol. The Morgan fingerprint density at radius 2 is 1.74 bits per heavy atom. The number of ether oxygens (including phenoxy) is 2. The van der Waals surface area contributed by atoms with Gasteiger partial charge in [-0.1, -0.05) is 6.07 Å². The lowest BCUT2D eigenvalue weighted by Crippen LogP contribution is -2.15. The number of amides is 1. The highest BCUT2D eigenvalue weighted by Gasteiger charge is 2.14. The molecule has 11 heteroatoms. The number of nitrogens with zero attached hydrogens (tertiary/aromatic N) is 1. The number of rotatable bonds is 11. The van der Waals surface area contributed by atoms with Gasteiger partial charge < -0.3 is 19.2 Å². The van der Waals surface area contributed by atoms with Crippen molar-refractivity contribution in [2.45, 2.75) is 19.3 Å². The number of carbonyl (C=O) groups is 4. The zero-order valence-electron chi connectivity index (χ0n) is 18.3. The molecule has 0 aliphatic heterocycles. The highest BCUT2D eigenvalue weighted by atomic mass is 16.6. The van der Waals surface area contributed by atoms with Crippen molar-refractivity contribution in [3.63, 3.8) is 0 Å². The molecule has 1 heterocycles. The molecule has 35 heavy (non-hydrogen) atoms. The van der Waals surface area contributed by atoms with E-state index in [9.17, 15) is 29.3 Å². The van der Waals surface area contributed by atoms with Gasteiger partial charge in [-0.05, 0) is 48.9 Å². The van der Waals surface area contributed by atoms with Crippen molar-refractivity contribution in [2.24, 2.45) is 0 Å². The maximum Gasteiger partial charge on any atom is 0.379 e. The molecule has 0 bridgehead atoms. The van der Waals surface area contributed by atoms with Crippen LogP contribution in [-0.2, 0) is 14.3 Å². The summed E-state index contributed by atoms with van der Waals surface area (Å²) < 4.78 is 15.0. The molecular formula is C24H20N2O9. The van der Waals surface area contributed by atoms with Crippen LogP contribution in [0.4, 0.5) is 11.4 Å². The van der Waals surface area contributed by atoms with Gasteiger partial charge in [0.15, 0.2) is 12.4 Å². The van der Waals surface area contributed by atoms with Gasteiger partial charge in [0.1, 0.15) is 5.75 Å². The van der Waals surface area contributed by atoms with Crippen LogP contribution in [-0.4, -0.2) is 35.2 Å². The molecule has 0 fully saturated rings. The minimum Gasteiger partial charge on any atom is -0.457 e. The molecule has 0 radical (unpaired) electrons. The van der Waals surface area contributed by atoms with E-state index in [1.165, 1.54) is 60.9 Å². The zero-order chi connectivity index (χ0) is 25.2. The fraction of sp³-hybridized carbons (Fsp3) is 0.167. The summed E-state index contributed by atoms with van der Waals surface area (Å²) >= 11 is 0. The average molecular weight is 480 g/mol. The Hall–Kier alpha value is -4.80. The van der Waals surface area contributed by atoms with Gasteiger partial charge in [0.25, 0.3) is 5.69 Å². The molecule has 1 N–H and O–H groups in total. The van der Waals surface area contributed by atoms with Crippen molar-refractivity contribution in [3.8, 4) is 5.75 Å². The van der Waals surface area contributed by atoms with E-state index in [0.29, 0.717) is 0 Å². The molecule has 3 aromatic rings. The molecule has 2 aromatic carbocycles. The molecule has 0 spiro atoms. The molecule has 3 rings (SSSR count). The first-order valence-corrected chi connectivity index (χ1v) is 10.4. The van der Waals surface area contributed by atoms with Crippen LogP contribution in [0.2, 0.25) is 0 Å². The van der Waals surface area contributed by atoms with Gasteiger partial charge in [-0.3, -0.25) is 24.5 Å². The Balaban J connectivity index is 1.36. The second-order valence-electron chi connectivity index (χ2n) is 7.18. The fourth-order valence-electron chi connectivity index (χ4n) is 2.88. The van der Waals surface area contributed by atoms with Crippen LogP contribution < -0.4 is 10.1 Å². The first-order chi connectivity index (χ1) is 16.8. The molecule has 1 amide bonds. The van der Waals surface area contributed by atoms with Crippen molar-refractivity contribution in [1.29, 1.82) is 0 Å². The number of nitro groups is 1. The first-order valence-electron chi connectivity index (χ1n) is 10.4. The topological polar surface area (TPSA) is 155 Å². The van der Waals surface area contributed by atoms with Crippen molar-refractivity contribution in [1.82, 2.24) is 0 Å². The number of hydrogen-bond donors (Lipinski definition) is 1. The lowest BCUT2D eigenvalue weighted by atomic mass is 10.1. The van der Waals surface area contributed by atoms with Crippen LogP contribution in [0.3, 0.4) is 0 Å². The lowest BCUT2D eigenvalue weighted by molar-refractivity contribution is -0.384. The first kappa shape index (κ1) is 24.8. The fourth-order valence-corrected chi connectivity index (χ4v) is 2.88. The Labute approximate surface area is 198 Å². The van der Waals surface area contributed by atoms with Crippen LogP contribution >= 0.6 is 0 Å². The van der Waals surface area contributed by atoms with Gasteiger partial charge in [0.2, 0.25) is 11.7 Å². The summed E-state index contributed by atoms with van der Waals surface area (Å²) in [7, 11) is 0. The van der Waals surface area contributed by atoms with Crippen LogP contribution in [0, 0.1) is 10.1 Å². The van der Waals surface area contributed by atoms with Crippen LogP contribution in [0.5, 0.6) is 5.75 Å². The Morgan fingerprint density at radius 3 is 2.43 bits per heavy atom. The normalized spacial score (nSPS) is 10.3. The lowest BCUT2D eigenvalue weighted by Gasteiger charge is -2.07. The molecule has 0 saturated heterocycles. The van der Waals surface area contributed by atoms with E-state index in [2.05, 4.69) is 5.32 Å². The third-order valence-electron chi connectivity index (χ3n) is 4.60. The summed E-state index contributed by atoms with van der Waals surface area (Å²) in [5, 5.41) is 13.3. The number of carbonyl (C=O) groups excluding carboxylic acids is 4. The molecule has 1 aromatic heterocycles. The van der Waals surface area contributed by atoms with Crippen molar-refractivity contribution in [3.05, 3.63) is 88.4 Å². The average Bonchev–Trinajstić information content (AvgIpc) is 3.38. The maximum absolute atomic E-state index is 12.2. The maximum atomic E-state index is 12.2. The summed E-state index contributed by atoms with van der Waals surface area (Å²) in [6, 6.07) is 14.2. The predicted octanol–water partition coefficient (Wildman–Crippen LogP) is 3.94. The number of nitro benzene ring substituents is 1. The number of nitrogens with one attached hydrogen (secondary N) is 1. The van der Waals surface area contributed by atoms with Gasteiger partial charge in [-0.2, -0.15) is 0 Å². The Bertz CT molecular complexity index is 1220. The summed E-state index contributed by atoms with van der Waals surface area (Å²) in [6.45, 7) is -0.482. The molecule has 0 atom stereocenters. The van der Waals surface area contributed by atoms with Crippen molar-refractivity contribution in [2.75, 3.05) is 11.9 Å².